The average molecular weight is 240 g/mol. The van der Waals surface area contributed by atoms with Crippen molar-refractivity contribution in [1.82, 2.24) is 0 Å². The molecule has 1 atom stereocenters. The second-order valence-electron chi connectivity index (χ2n) is 4.15. The fourth-order valence-electron chi connectivity index (χ4n) is 1.88. The molecule has 1 aliphatic heterocycles. The van der Waals surface area contributed by atoms with Gasteiger partial charge in [0.25, 0.3) is 0 Å². The van der Waals surface area contributed by atoms with Crippen LogP contribution in [0.3, 0.4) is 0 Å². The summed E-state index contributed by atoms with van der Waals surface area (Å²) in [6.07, 6.45) is 0.695. The topological polar surface area (TPSA) is 72.2 Å². The molecule has 16 heavy (non-hydrogen) atoms. The lowest BCUT2D eigenvalue weighted by atomic mass is 10.2. The number of anilines is 1. The summed E-state index contributed by atoms with van der Waals surface area (Å²) in [7, 11) is -2.81. The number of hydrogen-bond donors (Lipinski definition) is 2. The molecule has 1 fully saturated rings. The highest BCUT2D eigenvalue weighted by Crippen LogP contribution is 2.17. The van der Waals surface area contributed by atoms with Crippen LogP contribution in [-0.4, -0.2) is 26.0 Å². The minimum absolute atomic E-state index is 0.0497. The number of sulfone groups is 1. The van der Waals surface area contributed by atoms with Gasteiger partial charge in [-0.3, -0.25) is 0 Å². The highest BCUT2D eigenvalue weighted by molar-refractivity contribution is 7.91. The number of nitrogens with one attached hydrogen (secondary N) is 1. The first-order valence-corrected chi connectivity index (χ1v) is 7.17. The third-order valence-electron chi connectivity index (χ3n) is 2.79. The zero-order valence-electron chi connectivity index (χ0n) is 9.02. The Morgan fingerprint density at radius 3 is 2.50 bits per heavy atom. The van der Waals surface area contributed by atoms with Crippen LogP contribution >= 0.6 is 0 Å². The number of nitrogens with two attached hydrogens (primary N) is 1. The molecular formula is C11H16N2O2S. The molecule has 0 spiro atoms. The Labute approximate surface area is 95.8 Å². The Bertz CT molecular complexity index is 453. The molecule has 0 radical (unpaired) electrons. The maximum Gasteiger partial charge on any atom is 0.152 e. The van der Waals surface area contributed by atoms with Gasteiger partial charge in [0.1, 0.15) is 0 Å². The molecule has 3 N–H and O–H groups in total. The highest BCUT2D eigenvalue weighted by Gasteiger charge is 2.27. The van der Waals surface area contributed by atoms with Gasteiger partial charge in [-0.2, -0.15) is 0 Å². The first kappa shape index (κ1) is 11.4. The third-order valence-corrected chi connectivity index (χ3v) is 4.56. The third kappa shape index (κ3) is 2.74. The highest BCUT2D eigenvalue weighted by atomic mass is 32.2. The van der Waals surface area contributed by atoms with E-state index in [2.05, 4.69) is 5.32 Å². The summed E-state index contributed by atoms with van der Waals surface area (Å²) in [6.45, 7) is 0.526. The molecule has 0 amide bonds. The molecule has 2 rings (SSSR count). The van der Waals surface area contributed by atoms with Crippen LogP contribution < -0.4 is 11.1 Å². The molecule has 0 aliphatic carbocycles. The molecule has 1 aliphatic rings. The van der Waals surface area contributed by atoms with Crippen molar-refractivity contribution in [3.8, 4) is 0 Å². The fourth-order valence-corrected chi connectivity index (χ4v) is 3.55. The van der Waals surface area contributed by atoms with Gasteiger partial charge in [0, 0.05) is 18.3 Å². The van der Waals surface area contributed by atoms with Crippen molar-refractivity contribution in [2.24, 2.45) is 5.73 Å². The van der Waals surface area contributed by atoms with E-state index in [1.807, 2.05) is 24.3 Å². The number of rotatable bonds is 3. The van der Waals surface area contributed by atoms with Crippen LogP contribution in [-0.2, 0) is 16.4 Å². The van der Waals surface area contributed by atoms with E-state index in [4.69, 9.17) is 5.73 Å². The van der Waals surface area contributed by atoms with Crippen molar-refractivity contribution < 1.29 is 8.42 Å². The Hall–Kier alpha value is -1.07. The summed E-state index contributed by atoms with van der Waals surface area (Å²) in [4.78, 5) is 0. The molecule has 1 aromatic rings. The van der Waals surface area contributed by atoms with Gasteiger partial charge in [0.15, 0.2) is 9.84 Å². The van der Waals surface area contributed by atoms with E-state index in [-0.39, 0.29) is 11.8 Å². The normalized spacial score (nSPS) is 23.2. The van der Waals surface area contributed by atoms with E-state index in [0.29, 0.717) is 18.7 Å². The zero-order chi connectivity index (χ0) is 11.6. The molecule has 1 saturated heterocycles. The van der Waals surface area contributed by atoms with Gasteiger partial charge in [-0.1, -0.05) is 12.1 Å². The summed E-state index contributed by atoms with van der Waals surface area (Å²) in [6, 6.07) is 7.83. The van der Waals surface area contributed by atoms with E-state index in [1.165, 1.54) is 0 Å². The summed E-state index contributed by atoms with van der Waals surface area (Å²) in [5, 5.41) is 3.23. The zero-order valence-corrected chi connectivity index (χ0v) is 9.83. The average Bonchev–Trinajstić information content (AvgIpc) is 2.59. The van der Waals surface area contributed by atoms with Crippen LogP contribution in [0.5, 0.6) is 0 Å². The van der Waals surface area contributed by atoms with Gasteiger partial charge >= 0.3 is 0 Å². The molecule has 5 heteroatoms. The van der Waals surface area contributed by atoms with Crippen LogP contribution in [0.2, 0.25) is 0 Å². The molecule has 0 aromatic heterocycles. The molecule has 4 nitrogen and oxygen atoms in total. The van der Waals surface area contributed by atoms with Gasteiger partial charge in [-0.15, -0.1) is 0 Å². The van der Waals surface area contributed by atoms with Crippen LogP contribution in [0.15, 0.2) is 24.3 Å². The Kier molecular flexibility index (Phi) is 3.16. The quantitative estimate of drug-likeness (QED) is 0.817. The van der Waals surface area contributed by atoms with Gasteiger partial charge in [-0.05, 0) is 24.1 Å². The Balaban J connectivity index is 1.99. The van der Waals surface area contributed by atoms with Crippen molar-refractivity contribution in [1.29, 1.82) is 0 Å². The standard InChI is InChI=1S/C11H16N2O2S/c12-7-9-1-3-10(4-2-9)13-11-5-6-16(14,15)8-11/h1-4,11,13H,5-8,12H2. The molecule has 0 saturated carbocycles. The summed E-state index contributed by atoms with van der Waals surface area (Å²) < 4.78 is 22.6. The summed E-state index contributed by atoms with van der Waals surface area (Å²) >= 11 is 0. The van der Waals surface area contributed by atoms with E-state index < -0.39 is 9.84 Å². The predicted octanol–water partition coefficient (Wildman–Crippen LogP) is 0.744. The largest absolute Gasteiger partial charge is 0.381 e. The lowest BCUT2D eigenvalue weighted by Crippen LogP contribution is -2.20. The second kappa shape index (κ2) is 4.43. The van der Waals surface area contributed by atoms with Crippen LogP contribution in [0.1, 0.15) is 12.0 Å². The molecule has 0 bridgehead atoms. The predicted molar refractivity (Wildman–Crippen MR) is 65.0 cm³/mol. The van der Waals surface area contributed by atoms with Crippen LogP contribution in [0.4, 0.5) is 5.69 Å². The van der Waals surface area contributed by atoms with E-state index >= 15 is 0 Å². The number of benzene rings is 1. The SMILES string of the molecule is NCc1ccc(NC2CCS(=O)(=O)C2)cc1. The molecular weight excluding hydrogens is 224 g/mol. The number of hydrogen-bond acceptors (Lipinski definition) is 4. The van der Waals surface area contributed by atoms with Crippen molar-refractivity contribution >= 4 is 15.5 Å². The Morgan fingerprint density at radius 1 is 1.31 bits per heavy atom. The van der Waals surface area contributed by atoms with Gasteiger partial charge in [0.2, 0.25) is 0 Å². The molecule has 1 heterocycles. The van der Waals surface area contributed by atoms with E-state index in [9.17, 15) is 8.42 Å². The molecule has 1 unspecified atom stereocenters. The minimum atomic E-state index is -2.81. The molecule has 1 aromatic carbocycles. The van der Waals surface area contributed by atoms with E-state index in [0.717, 1.165) is 11.3 Å². The van der Waals surface area contributed by atoms with Crippen molar-refractivity contribution in [3.63, 3.8) is 0 Å². The second-order valence-corrected chi connectivity index (χ2v) is 6.37. The smallest absolute Gasteiger partial charge is 0.152 e. The maximum absolute atomic E-state index is 11.3. The maximum atomic E-state index is 11.3. The Morgan fingerprint density at radius 2 is 2.00 bits per heavy atom. The first-order chi connectivity index (χ1) is 7.59. The minimum Gasteiger partial charge on any atom is -0.381 e. The lowest BCUT2D eigenvalue weighted by molar-refractivity contribution is 0.602. The van der Waals surface area contributed by atoms with Gasteiger partial charge < -0.3 is 11.1 Å². The monoisotopic (exact) mass is 240 g/mol. The summed E-state index contributed by atoms with van der Waals surface area (Å²) in [5.74, 6) is 0.539. The van der Waals surface area contributed by atoms with Crippen LogP contribution in [0, 0.1) is 0 Å². The van der Waals surface area contributed by atoms with Gasteiger partial charge in [0.05, 0.1) is 11.5 Å². The summed E-state index contributed by atoms with van der Waals surface area (Å²) in [5.41, 5.74) is 7.53. The molecule has 88 valence electrons. The fraction of sp³-hybridized carbons (Fsp3) is 0.455. The van der Waals surface area contributed by atoms with Crippen molar-refractivity contribution in [3.05, 3.63) is 29.8 Å². The van der Waals surface area contributed by atoms with E-state index in [1.54, 1.807) is 0 Å². The first-order valence-electron chi connectivity index (χ1n) is 5.35. The van der Waals surface area contributed by atoms with Gasteiger partial charge in [-0.25, -0.2) is 8.42 Å². The van der Waals surface area contributed by atoms with Crippen molar-refractivity contribution in [2.75, 3.05) is 16.8 Å². The lowest BCUT2D eigenvalue weighted by Gasteiger charge is -2.12. The van der Waals surface area contributed by atoms with Crippen molar-refractivity contribution in [2.45, 2.75) is 19.0 Å². The van der Waals surface area contributed by atoms with Crippen LogP contribution in [0.25, 0.3) is 0 Å².